The number of likely N-dealkylation sites (tertiary alicyclic amines) is 1. The molecule has 0 radical (unpaired) electrons. The standard InChI is InChI=1S/C14H26N2O/c1-2-11-4-3-8-16(9-7-11)14(17)10-13(15)12-5-6-12/h11-13H,2-10,15H2,1H3. The number of nitrogens with zero attached hydrogens (tertiary/aromatic N) is 1. The van der Waals surface area contributed by atoms with Gasteiger partial charge in [-0.15, -0.1) is 0 Å². The van der Waals surface area contributed by atoms with Gasteiger partial charge in [-0.3, -0.25) is 4.79 Å². The van der Waals surface area contributed by atoms with Crippen molar-refractivity contribution in [2.45, 2.75) is 57.9 Å². The van der Waals surface area contributed by atoms with E-state index in [1.807, 2.05) is 0 Å². The molecule has 3 nitrogen and oxygen atoms in total. The van der Waals surface area contributed by atoms with Crippen molar-refractivity contribution < 1.29 is 4.79 Å². The molecule has 3 heteroatoms. The highest BCUT2D eigenvalue weighted by Gasteiger charge is 2.31. The Labute approximate surface area is 105 Å². The molecule has 2 unspecified atom stereocenters. The topological polar surface area (TPSA) is 46.3 Å². The van der Waals surface area contributed by atoms with Crippen LogP contribution in [-0.4, -0.2) is 29.9 Å². The molecule has 2 rings (SSSR count). The maximum atomic E-state index is 12.1. The van der Waals surface area contributed by atoms with Crippen LogP contribution in [0.15, 0.2) is 0 Å². The molecule has 1 heterocycles. The Morgan fingerprint density at radius 1 is 1.29 bits per heavy atom. The fraction of sp³-hybridized carbons (Fsp3) is 0.929. The number of nitrogens with two attached hydrogens (primary N) is 1. The molecule has 2 N–H and O–H groups in total. The quantitative estimate of drug-likeness (QED) is 0.815. The molecular formula is C14H26N2O. The average molecular weight is 238 g/mol. The highest BCUT2D eigenvalue weighted by atomic mass is 16.2. The minimum atomic E-state index is 0.118. The summed E-state index contributed by atoms with van der Waals surface area (Å²) >= 11 is 0. The van der Waals surface area contributed by atoms with Crippen LogP contribution in [0.3, 0.4) is 0 Å². The lowest BCUT2D eigenvalue weighted by atomic mass is 9.98. The lowest BCUT2D eigenvalue weighted by Crippen LogP contribution is -2.37. The predicted molar refractivity (Wildman–Crippen MR) is 69.5 cm³/mol. The van der Waals surface area contributed by atoms with E-state index in [2.05, 4.69) is 11.8 Å². The van der Waals surface area contributed by atoms with E-state index >= 15 is 0 Å². The van der Waals surface area contributed by atoms with Gasteiger partial charge in [0.15, 0.2) is 0 Å². The van der Waals surface area contributed by atoms with Crippen LogP contribution in [0.1, 0.15) is 51.9 Å². The van der Waals surface area contributed by atoms with Gasteiger partial charge in [-0.2, -0.15) is 0 Å². The van der Waals surface area contributed by atoms with Crippen LogP contribution < -0.4 is 5.73 Å². The minimum Gasteiger partial charge on any atom is -0.343 e. The number of amides is 1. The molecule has 1 amide bonds. The number of rotatable bonds is 4. The zero-order valence-electron chi connectivity index (χ0n) is 11.0. The van der Waals surface area contributed by atoms with Gasteiger partial charge in [-0.25, -0.2) is 0 Å². The van der Waals surface area contributed by atoms with E-state index in [0.717, 1.165) is 19.0 Å². The second kappa shape index (κ2) is 5.85. The number of hydrogen-bond acceptors (Lipinski definition) is 2. The molecular weight excluding hydrogens is 212 g/mol. The molecule has 17 heavy (non-hydrogen) atoms. The van der Waals surface area contributed by atoms with E-state index in [4.69, 9.17) is 5.73 Å². The van der Waals surface area contributed by atoms with Crippen molar-refractivity contribution in [2.24, 2.45) is 17.6 Å². The van der Waals surface area contributed by atoms with E-state index in [1.54, 1.807) is 0 Å². The highest BCUT2D eigenvalue weighted by Crippen LogP contribution is 2.33. The van der Waals surface area contributed by atoms with Crippen LogP contribution in [-0.2, 0) is 4.79 Å². The first-order valence-electron chi connectivity index (χ1n) is 7.24. The van der Waals surface area contributed by atoms with Crippen molar-refractivity contribution >= 4 is 5.91 Å². The smallest absolute Gasteiger partial charge is 0.224 e. The first kappa shape index (κ1) is 12.9. The van der Waals surface area contributed by atoms with Crippen LogP contribution in [0, 0.1) is 11.8 Å². The summed E-state index contributed by atoms with van der Waals surface area (Å²) in [7, 11) is 0. The molecule has 1 aliphatic carbocycles. The van der Waals surface area contributed by atoms with Crippen LogP contribution in [0.4, 0.5) is 0 Å². The summed E-state index contributed by atoms with van der Waals surface area (Å²) in [5.41, 5.74) is 6.03. The molecule has 2 fully saturated rings. The molecule has 0 spiro atoms. The van der Waals surface area contributed by atoms with Crippen LogP contribution in [0.2, 0.25) is 0 Å². The Morgan fingerprint density at radius 3 is 2.71 bits per heavy atom. The van der Waals surface area contributed by atoms with Gasteiger partial charge < -0.3 is 10.6 Å². The first-order valence-corrected chi connectivity index (χ1v) is 7.24. The van der Waals surface area contributed by atoms with Gasteiger partial charge in [-0.1, -0.05) is 13.3 Å². The normalized spacial score (nSPS) is 27.6. The summed E-state index contributed by atoms with van der Waals surface area (Å²) in [5, 5.41) is 0. The number of carbonyl (C=O) groups excluding carboxylic acids is 1. The van der Waals surface area contributed by atoms with E-state index in [-0.39, 0.29) is 6.04 Å². The van der Waals surface area contributed by atoms with Crippen molar-refractivity contribution in [3.63, 3.8) is 0 Å². The second-order valence-corrected chi connectivity index (χ2v) is 5.79. The van der Waals surface area contributed by atoms with Crippen molar-refractivity contribution in [1.29, 1.82) is 0 Å². The third kappa shape index (κ3) is 3.70. The summed E-state index contributed by atoms with van der Waals surface area (Å²) in [6.45, 7) is 4.16. The Morgan fingerprint density at radius 2 is 2.06 bits per heavy atom. The Hall–Kier alpha value is -0.570. The van der Waals surface area contributed by atoms with Gasteiger partial charge in [0.25, 0.3) is 0 Å². The summed E-state index contributed by atoms with van der Waals surface area (Å²) in [6.07, 6.45) is 7.92. The van der Waals surface area contributed by atoms with Gasteiger partial charge in [0, 0.05) is 25.6 Å². The second-order valence-electron chi connectivity index (χ2n) is 5.79. The van der Waals surface area contributed by atoms with Gasteiger partial charge in [-0.05, 0) is 43.9 Å². The van der Waals surface area contributed by atoms with Gasteiger partial charge in [0.1, 0.15) is 0 Å². The molecule has 98 valence electrons. The molecule has 0 aromatic heterocycles. The third-order valence-corrected chi connectivity index (χ3v) is 4.42. The molecule has 1 saturated carbocycles. The van der Waals surface area contributed by atoms with E-state index in [0.29, 0.717) is 18.2 Å². The lowest BCUT2D eigenvalue weighted by Gasteiger charge is -2.22. The van der Waals surface area contributed by atoms with Crippen LogP contribution >= 0.6 is 0 Å². The van der Waals surface area contributed by atoms with Gasteiger partial charge in [0.05, 0.1) is 0 Å². The predicted octanol–water partition coefficient (Wildman–Crippen LogP) is 2.15. The largest absolute Gasteiger partial charge is 0.343 e. The Balaban J connectivity index is 1.77. The van der Waals surface area contributed by atoms with Crippen molar-refractivity contribution in [2.75, 3.05) is 13.1 Å². The van der Waals surface area contributed by atoms with Crippen molar-refractivity contribution in [3.05, 3.63) is 0 Å². The van der Waals surface area contributed by atoms with Gasteiger partial charge >= 0.3 is 0 Å². The molecule has 0 aromatic rings. The fourth-order valence-corrected chi connectivity index (χ4v) is 2.84. The zero-order valence-corrected chi connectivity index (χ0v) is 11.0. The monoisotopic (exact) mass is 238 g/mol. The molecule has 1 aliphatic heterocycles. The third-order valence-electron chi connectivity index (χ3n) is 4.42. The summed E-state index contributed by atoms with van der Waals surface area (Å²) in [5.74, 6) is 1.75. The van der Waals surface area contributed by atoms with E-state index in [1.165, 1.54) is 38.5 Å². The minimum absolute atomic E-state index is 0.118. The Bertz CT molecular complexity index is 263. The average Bonchev–Trinajstić information content (AvgIpc) is 3.15. The van der Waals surface area contributed by atoms with Crippen LogP contribution in [0.25, 0.3) is 0 Å². The lowest BCUT2D eigenvalue weighted by molar-refractivity contribution is -0.131. The number of carbonyl (C=O) groups is 1. The summed E-state index contributed by atoms with van der Waals surface area (Å²) in [4.78, 5) is 14.2. The first-order chi connectivity index (χ1) is 8.20. The van der Waals surface area contributed by atoms with Crippen molar-refractivity contribution in [1.82, 2.24) is 4.90 Å². The summed E-state index contributed by atoms with van der Waals surface area (Å²) in [6, 6.07) is 0.118. The Kier molecular flexibility index (Phi) is 4.43. The SMILES string of the molecule is CCC1CCCN(C(=O)CC(N)C2CC2)CC1. The molecule has 0 bridgehead atoms. The number of hydrogen-bond donors (Lipinski definition) is 1. The zero-order chi connectivity index (χ0) is 12.3. The maximum Gasteiger partial charge on any atom is 0.224 e. The molecule has 0 aromatic carbocycles. The van der Waals surface area contributed by atoms with Crippen LogP contribution in [0.5, 0.6) is 0 Å². The molecule has 2 aliphatic rings. The molecule has 2 atom stereocenters. The van der Waals surface area contributed by atoms with Crippen molar-refractivity contribution in [3.8, 4) is 0 Å². The van der Waals surface area contributed by atoms with E-state index < -0.39 is 0 Å². The van der Waals surface area contributed by atoms with E-state index in [9.17, 15) is 4.79 Å². The highest BCUT2D eigenvalue weighted by molar-refractivity contribution is 5.76. The van der Waals surface area contributed by atoms with Gasteiger partial charge in [0.2, 0.25) is 5.91 Å². The maximum absolute atomic E-state index is 12.1. The summed E-state index contributed by atoms with van der Waals surface area (Å²) < 4.78 is 0. The fourth-order valence-electron chi connectivity index (χ4n) is 2.84. The molecule has 1 saturated heterocycles.